The third-order valence-electron chi connectivity index (χ3n) is 3.65. The molecule has 0 N–H and O–H groups in total. The van der Waals surface area contributed by atoms with Gasteiger partial charge in [-0.1, -0.05) is 43.3 Å². The van der Waals surface area contributed by atoms with Gasteiger partial charge in [0.1, 0.15) is 17.1 Å². The first-order valence-electron chi connectivity index (χ1n) is 8.40. The molecule has 0 heterocycles. The van der Waals surface area contributed by atoms with Gasteiger partial charge in [0.2, 0.25) is 0 Å². The molecule has 0 radical (unpaired) electrons. The molecule has 2 nitrogen and oxygen atoms in total. The van der Waals surface area contributed by atoms with Crippen LogP contribution < -0.4 is 9.47 Å². The van der Waals surface area contributed by atoms with Crippen molar-refractivity contribution in [2.24, 2.45) is 0 Å². The quantitative estimate of drug-likeness (QED) is 0.688. The molecule has 0 saturated carbocycles. The summed E-state index contributed by atoms with van der Waals surface area (Å²) in [5.74, 6) is 1.91. The zero-order chi connectivity index (χ0) is 16.9. The first-order valence-corrected chi connectivity index (χ1v) is 8.40. The van der Waals surface area contributed by atoms with E-state index in [1.165, 1.54) is 11.1 Å². The molecule has 0 spiro atoms. The molecule has 1 unspecified atom stereocenters. The van der Waals surface area contributed by atoms with Crippen molar-refractivity contribution in [1.29, 1.82) is 0 Å². The summed E-state index contributed by atoms with van der Waals surface area (Å²) < 4.78 is 12.2. The highest BCUT2D eigenvalue weighted by molar-refractivity contribution is 5.42. The highest BCUT2D eigenvalue weighted by Crippen LogP contribution is 2.29. The van der Waals surface area contributed by atoms with Gasteiger partial charge in [0.25, 0.3) is 0 Å². The molecule has 2 aromatic rings. The van der Waals surface area contributed by atoms with Crippen LogP contribution >= 0.6 is 0 Å². The fourth-order valence-corrected chi connectivity index (χ4v) is 2.35. The van der Waals surface area contributed by atoms with E-state index >= 15 is 0 Å². The van der Waals surface area contributed by atoms with Crippen LogP contribution in [0, 0.1) is 0 Å². The fourth-order valence-electron chi connectivity index (χ4n) is 2.35. The number of rotatable bonds is 6. The summed E-state index contributed by atoms with van der Waals surface area (Å²) >= 11 is 0. The summed E-state index contributed by atoms with van der Waals surface area (Å²) in [6.45, 7) is 10.5. The summed E-state index contributed by atoms with van der Waals surface area (Å²) in [6, 6.07) is 16.5. The van der Waals surface area contributed by atoms with Crippen LogP contribution in [-0.2, 0) is 6.42 Å². The second kappa shape index (κ2) is 7.54. The van der Waals surface area contributed by atoms with E-state index < -0.39 is 0 Å². The number of ether oxygens (including phenoxy) is 2. The van der Waals surface area contributed by atoms with E-state index in [2.05, 4.69) is 65.0 Å². The Hall–Kier alpha value is -1.96. The topological polar surface area (TPSA) is 18.5 Å². The van der Waals surface area contributed by atoms with Crippen LogP contribution in [0.15, 0.2) is 48.5 Å². The minimum atomic E-state index is -0.206. The SMILES string of the molecule is CCC(C)Oc1ccccc1Cc1ccccc1OC(C)(C)C. The van der Waals surface area contributed by atoms with Crippen LogP contribution in [-0.4, -0.2) is 11.7 Å². The van der Waals surface area contributed by atoms with Gasteiger partial charge in [-0.25, -0.2) is 0 Å². The lowest BCUT2D eigenvalue weighted by molar-refractivity contribution is 0.129. The molecule has 0 aliphatic heterocycles. The van der Waals surface area contributed by atoms with Gasteiger partial charge in [0, 0.05) is 6.42 Å². The van der Waals surface area contributed by atoms with Gasteiger partial charge < -0.3 is 9.47 Å². The van der Waals surface area contributed by atoms with Gasteiger partial charge in [0.15, 0.2) is 0 Å². The molecule has 0 aromatic heterocycles. The molecule has 2 aromatic carbocycles. The summed E-state index contributed by atoms with van der Waals surface area (Å²) in [7, 11) is 0. The number of benzene rings is 2. The van der Waals surface area contributed by atoms with Crippen LogP contribution in [0.4, 0.5) is 0 Å². The molecule has 0 amide bonds. The van der Waals surface area contributed by atoms with Gasteiger partial charge in [-0.2, -0.15) is 0 Å². The van der Waals surface area contributed by atoms with Crippen molar-refractivity contribution >= 4 is 0 Å². The number of para-hydroxylation sites is 2. The predicted octanol–water partition coefficient (Wildman–Crippen LogP) is 5.63. The normalized spacial score (nSPS) is 12.7. The number of hydrogen-bond acceptors (Lipinski definition) is 2. The molecular formula is C21H28O2. The van der Waals surface area contributed by atoms with E-state index in [-0.39, 0.29) is 11.7 Å². The smallest absolute Gasteiger partial charge is 0.123 e. The van der Waals surface area contributed by atoms with Crippen molar-refractivity contribution in [2.75, 3.05) is 0 Å². The van der Waals surface area contributed by atoms with Crippen molar-refractivity contribution in [3.05, 3.63) is 59.7 Å². The Morgan fingerprint density at radius 2 is 1.39 bits per heavy atom. The van der Waals surface area contributed by atoms with Crippen molar-refractivity contribution in [3.63, 3.8) is 0 Å². The predicted molar refractivity (Wildman–Crippen MR) is 96.5 cm³/mol. The Balaban J connectivity index is 2.26. The van der Waals surface area contributed by atoms with Crippen molar-refractivity contribution < 1.29 is 9.47 Å². The van der Waals surface area contributed by atoms with Gasteiger partial charge in [-0.3, -0.25) is 0 Å². The summed E-state index contributed by atoms with van der Waals surface area (Å²) in [5, 5.41) is 0. The minimum Gasteiger partial charge on any atom is -0.490 e. The van der Waals surface area contributed by atoms with Gasteiger partial charge in [-0.15, -0.1) is 0 Å². The molecule has 0 saturated heterocycles. The maximum Gasteiger partial charge on any atom is 0.123 e. The maximum absolute atomic E-state index is 6.11. The van der Waals surface area contributed by atoms with Gasteiger partial charge in [0.05, 0.1) is 6.10 Å². The van der Waals surface area contributed by atoms with Crippen LogP contribution in [0.1, 0.15) is 52.2 Å². The van der Waals surface area contributed by atoms with Crippen LogP contribution in [0.2, 0.25) is 0 Å². The average Bonchev–Trinajstić information content (AvgIpc) is 2.49. The molecule has 23 heavy (non-hydrogen) atoms. The molecule has 0 aliphatic rings. The highest BCUT2D eigenvalue weighted by atomic mass is 16.5. The Bertz CT molecular complexity index is 626. The largest absolute Gasteiger partial charge is 0.490 e. The molecule has 0 bridgehead atoms. The van der Waals surface area contributed by atoms with Crippen LogP contribution in [0.25, 0.3) is 0 Å². The van der Waals surface area contributed by atoms with E-state index in [0.29, 0.717) is 0 Å². The monoisotopic (exact) mass is 312 g/mol. The van der Waals surface area contributed by atoms with E-state index in [4.69, 9.17) is 9.47 Å². The number of hydrogen-bond donors (Lipinski definition) is 0. The zero-order valence-corrected chi connectivity index (χ0v) is 14.9. The molecular weight excluding hydrogens is 284 g/mol. The lowest BCUT2D eigenvalue weighted by Gasteiger charge is -2.23. The van der Waals surface area contributed by atoms with E-state index in [1.54, 1.807) is 0 Å². The molecule has 2 rings (SSSR count). The molecule has 124 valence electrons. The molecule has 0 fully saturated rings. The lowest BCUT2D eigenvalue weighted by Crippen LogP contribution is -2.23. The molecule has 1 atom stereocenters. The Morgan fingerprint density at radius 1 is 0.870 bits per heavy atom. The van der Waals surface area contributed by atoms with Gasteiger partial charge in [-0.05, 0) is 57.4 Å². The minimum absolute atomic E-state index is 0.206. The first-order chi connectivity index (χ1) is 10.9. The third kappa shape index (κ3) is 5.31. The van der Waals surface area contributed by atoms with E-state index in [1.807, 2.05) is 18.2 Å². The van der Waals surface area contributed by atoms with Gasteiger partial charge >= 0.3 is 0 Å². The fraction of sp³-hybridized carbons (Fsp3) is 0.429. The van der Waals surface area contributed by atoms with Crippen LogP contribution in [0.5, 0.6) is 11.5 Å². The second-order valence-corrected chi connectivity index (χ2v) is 6.94. The van der Waals surface area contributed by atoms with Crippen LogP contribution in [0.3, 0.4) is 0 Å². The Labute approximate surface area is 140 Å². The van der Waals surface area contributed by atoms with E-state index in [0.717, 1.165) is 24.3 Å². The Kier molecular flexibility index (Phi) is 5.70. The standard InChI is InChI=1S/C21H28O2/c1-6-16(2)22-19-13-9-7-11-17(19)15-18-12-8-10-14-20(18)23-21(3,4)5/h7-14,16H,6,15H2,1-5H3. The maximum atomic E-state index is 6.11. The summed E-state index contributed by atoms with van der Waals surface area (Å²) in [5.41, 5.74) is 2.17. The molecule has 2 heteroatoms. The Morgan fingerprint density at radius 3 is 1.96 bits per heavy atom. The van der Waals surface area contributed by atoms with Crippen molar-refractivity contribution in [2.45, 2.75) is 59.2 Å². The third-order valence-corrected chi connectivity index (χ3v) is 3.65. The summed E-state index contributed by atoms with van der Waals surface area (Å²) in [4.78, 5) is 0. The highest BCUT2D eigenvalue weighted by Gasteiger charge is 2.15. The zero-order valence-electron chi connectivity index (χ0n) is 14.9. The van der Waals surface area contributed by atoms with E-state index in [9.17, 15) is 0 Å². The lowest BCUT2D eigenvalue weighted by atomic mass is 10.0. The van der Waals surface area contributed by atoms with Crippen molar-refractivity contribution in [1.82, 2.24) is 0 Å². The molecule has 0 aliphatic carbocycles. The average molecular weight is 312 g/mol. The second-order valence-electron chi connectivity index (χ2n) is 6.94. The first kappa shape index (κ1) is 17.4. The summed E-state index contributed by atoms with van der Waals surface area (Å²) in [6.07, 6.45) is 2.02. The van der Waals surface area contributed by atoms with Crippen molar-refractivity contribution in [3.8, 4) is 11.5 Å².